The largest absolute Gasteiger partial charge is 0.490 e. The van der Waals surface area contributed by atoms with Crippen LogP contribution in [0.3, 0.4) is 0 Å². The second kappa shape index (κ2) is 7.39. The summed E-state index contributed by atoms with van der Waals surface area (Å²) in [4.78, 5) is 13.7. The smallest absolute Gasteiger partial charge is 0.243 e. The van der Waals surface area contributed by atoms with Crippen molar-refractivity contribution in [1.29, 1.82) is 0 Å². The van der Waals surface area contributed by atoms with Crippen molar-refractivity contribution in [1.82, 2.24) is 4.31 Å². The van der Waals surface area contributed by atoms with E-state index in [2.05, 4.69) is 0 Å². The fourth-order valence-electron chi connectivity index (χ4n) is 3.87. The number of ether oxygens (including phenoxy) is 1. The minimum Gasteiger partial charge on any atom is -0.490 e. The average Bonchev–Trinajstić information content (AvgIpc) is 3.18. The van der Waals surface area contributed by atoms with Gasteiger partial charge in [-0.25, -0.2) is 8.42 Å². The van der Waals surface area contributed by atoms with Crippen molar-refractivity contribution in [3.05, 3.63) is 53.1 Å². The lowest BCUT2D eigenvalue weighted by Crippen LogP contribution is -2.36. The molecule has 28 heavy (non-hydrogen) atoms. The molecule has 1 amide bonds. The van der Waals surface area contributed by atoms with Gasteiger partial charge >= 0.3 is 0 Å². The van der Waals surface area contributed by atoms with Gasteiger partial charge in [0.2, 0.25) is 15.9 Å². The van der Waals surface area contributed by atoms with E-state index in [0.717, 1.165) is 18.4 Å². The number of benzene rings is 2. The van der Waals surface area contributed by atoms with Crippen molar-refractivity contribution in [3.63, 3.8) is 0 Å². The Bertz CT molecular complexity index is 1010. The van der Waals surface area contributed by atoms with Gasteiger partial charge in [0, 0.05) is 18.5 Å². The van der Waals surface area contributed by atoms with Gasteiger partial charge < -0.3 is 9.64 Å². The lowest BCUT2D eigenvalue weighted by molar-refractivity contribution is -0.116. The van der Waals surface area contributed by atoms with E-state index in [4.69, 9.17) is 16.3 Å². The highest BCUT2D eigenvalue weighted by Crippen LogP contribution is 2.39. The maximum Gasteiger partial charge on any atom is 0.243 e. The molecule has 0 radical (unpaired) electrons. The fraction of sp³-hybridized carbons (Fsp3) is 0.350. The molecule has 6 nitrogen and oxygen atoms in total. The van der Waals surface area contributed by atoms with Gasteiger partial charge in [-0.2, -0.15) is 4.31 Å². The van der Waals surface area contributed by atoms with Crippen LogP contribution < -0.4 is 9.64 Å². The van der Waals surface area contributed by atoms with Crippen LogP contribution in [-0.2, 0) is 14.8 Å². The highest BCUT2D eigenvalue weighted by Gasteiger charge is 2.37. The second-order valence-corrected chi connectivity index (χ2v) is 9.30. The topological polar surface area (TPSA) is 66.9 Å². The number of halogens is 1. The van der Waals surface area contributed by atoms with E-state index in [1.807, 2.05) is 12.1 Å². The second-order valence-electron chi connectivity index (χ2n) is 6.97. The van der Waals surface area contributed by atoms with Crippen LogP contribution in [0.4, 0.5) is 5.69 Å². The Labute approximate surface area is 169 Å². The van der Waals surface area contributed by atoms with Gasteiger partial charge in [-0.3, -0.25) is 4.79 Å². The predicted molar refractivity (Wildman–Crippen MR) is 107 cm³/mol. The van der Waals surface area contributed by atoms with E-state index in [1.54, 1.807) is 39.5 Å². The number of hydrogen-bond acceptors (Lipinski definition) is 4. The maximum absolute atomic E-state index is 13.4. The molecular weight excluding hydrogens is 400 g/mol. The predicted octanol–water partition coefficient (Wildman–Crippen LogP) is 3.61. The first kappa shape index (κ1) is 19.2. The zero-order valence-electron chi connectivity index (χ0n) is 15.5. The van der Waals surface area contributed by atoms with Crippen molar-refractivity contribution in [2.45, 2.75) is 30.7 Å². The molecule has 0 unspecified atom stereocenters. The molecule has 148 valence electrons. The Morgan fingerprint density at radius 2 is 1.89 bits per heavy atom. The van der Waals surface area contributed by atoms with Crippen molar-refractivity contribution in [3.8, 4) is 5.75 Å². The van der Waals surface area contributed by atoms with Crippen molar-refractivity contribution in [2.24, 2.45) is 0 Å². The summed E-state index contributed by atoms with van der Waals surface area (Å²) in [5, 5.41) is 0.621. The first-order chi connectivity index (χ1) is 13.4. The van der Waals surface area contributed by atoms with E-state index in [0.29, 0.717) is 36.2 Å². The van der Waals surface area contributed by atoms with Gasteiger partial charge in [0.05, 0.1) is 23.2 Å². The zero-order valence-corrected chi connectivity index (χ0v) is 17.0. The zero-order chi connectivity index (χ0) is 19.9. The lowest BCUT2D eigenvalue weighted by atomic mass is 10.1. The summed E-state index contributed by atoms with van der Waals surface area (Å²) in [5.41, 5.74) is 1.43. The molecule has 0 N–H and O–H groups in total. The number of fused-ring (bicyclic) bond motifs is 1. The molecule has 2 aromatic rings. The monoisotopic (exact) mass is 420 g/mol. The van der Waals surface area contributed by atoms with Gasteiger partial charge in [0.15, 0.2) is 0 Å². The lowest BCUT2D eigenvalue weighted by Gasteiger charge is -2.30. The van der Waals surface area contributed by atoms with Crippen LogP contribution in [0.5, 0.6) is 5.75 Å². The Balaban J connectivity index is 1.71. The van der Waals surface area contributed by atoms with E-state index >= 15 is 0 Å². The van der Waals surface area contributed by atoms with Crippen molar-refractivity contribution < 1.29 is 17.9 Å². The molecule has 2 aliphatic heterocycles. The van der Waals surface area contributed by atoms with Crippen LogP contribution in [0.25, 0.3) is 0 Å². The third kappa shape index (κ3) is 3.38. The van der Waals surface area contributed by atoms with Crippen LogP contribution in [-0.4, -0.2) is 38.3 Å². The average molecular weight is 421 g/mol. The number of sulfonamides is 1. The number of carbonyl (C=O) groups excluding carboxylic acids is 1. The van der Waals surface area contributed by atoms with Crippen LogP contribution >= 0.6 is 11.6 Å². The third-order valence-electron chi connectivity index (χ3n) is 5.24. The minimum absolute atomic E-state index is 0.140. The van der Waals surface area contributed by atoms with E-state index in [1.165, 1.54) is 6.92 Å². The molecule has 0 spiro atoms. The fourth-order valence-corrected chi connectivity index (χ4v) is 5.70. The SMILES string of the molecule is CC(=O)N1CCOc2ccc(S(=O)(=O)N3CCC[C@H]3c3ccc(Cl)cc3)cc21. The standard InChI is InChI=1S/C20H21ClN2O4S/c1-14(24)22-11-12-27-20-9-8-17(13-19(20)22)28(25,26)23-10-2-3-18(23)15-4-6-16(21)7-5-15/h4-9,13,18H,2-3,10-12H2,1H3/t18-/m0/s1. The normalized spacial score (nSPS) is 19.9. The third-order valence-corrected chi connectivity index (χ3v) is 7.39. The highest BCUT2D eigenvalue weighted by atomic mass is 35.5. The molecule has 2 aromatic carbocycles. The molecule has 1 atom stereocenters. The first-order valence-corrected chi connectivity index (χ1v) is 11.0. The van der Waals surface area contributed by atoms with Crippen molar-refractivity contribution >= 4 is 33.2 Å². The van der Waals surface area contributed by atoms with Crippen LogP contribution in [0, 0.1) is 0 Å². The Morgan fingerprint density at radius 3 is 2.61 bits per heavy atom. The minimum atomic E-state index is -3.72. The summed E-state index contributed by atoms with van der Waals surface area (Å²) in [6.45, 7) is 2.72. The number of hydrogen-bond donors (Lipinski definition) is 0. The molecule has 0 saturated carbocycles. The molecule has 1 saturated heterocycles. The van der Waals surface area contributed by atoms with Crippen LogP contribution in [0.1, 0.15) is 31.4 Å². The van der Waals surface area contributed by atoms with Gasteiger partial charge in [-0.05, 0) is 48.7 Å². The Hall–Kier alpha value is -2.09. The van der Waals surface area contributed by atoms with Gasteiger partial charge in [-0.1, -0.05) is 23.7 Å². The number of nitrogens with zero attached hydrogens (tertiary/aromatic N) is 2. The number of carbonyl (C=O) groups is 1. The summed E-state index contributed by atoms with van der Waals surface area (Å²) in [6, 6.07) is 11.8. The summed E-state index contributed by atoms with van der Waals surface area (Å²) in [5.74, 6) is 0.385. The quantitative estimate of drug-likeness (QED) is 0.760. The van der Waals surface area contributed by atoms with E-state index in [9.17, 15) is 13.2 Å². The summed E-state index contributed by atoms with van der Waals surface area (Å²) in [6.07, 6.45) is 1.55. The molecule has 1 fully saturated rings. The molecule has 0 bridgehead atoms. The molecule has 0 aromatic heterocycles. The first-order valence-electron chi connectivity index (χ1n) is 9.20. The van der Waals surface area contributed by atoms with Crippen LogP contribution in [0.15, 0.2) is 47.4 Å². The Kier molecular flexibility index (Phi) is 5.07. The number of anilines is 1. The van der Waals surface area contributed by atoms with Crippen molar-refractivity contribution in [2.75, 3.05) is 24.6 Å². The number of amides is 1. The molecule has 4 rings (SSSR count). The summed E-state index contributed by atoms with van der Waals surface area (Å²) >= 11 is 5.97. The molecule has 2 heterocycles. The molecule has 2 aliphatic rings. The van der Waals surface area contributed by atoms with Crippen LogP contribution in [0.2, 0.25) is 5.02 Å². The molecular formula is C20H21ClN2O4S. The molecule has 0 aliphatic carbocycles. The van der Waals surface area contributed by atoms with E-state index < -0.39 is 10.0 Å². The molecule has 8 heteroatoms. The van der Waals surface area contributed by atoms with Gasteiger partial charge in [0.25, 0.3) is 0 Å². The summed E-state index contributed by atoms with van der Waals surface area (Å²) in [7, 11) is -3.72. The summed E-state index contributed by atoms with van der Waals surface area (Å²) < 4.78 is 33.9. The van der Waals surface area contributed by atoms with Gasteiger partial charge in [-0.15, -0.1) is 0 Å². The van der Waals surface area contributed by atoms with Gasteiger partial charge in [0.1, 0.15) is 12.4 Å². The number of rotatable bonds is 3. The highest BCUT2D eigenvalue weighted by molar-refractivity contribution is 7.89. The Morgan fingerprint density at radius 1 is 1.14 bits per heavy atom. The van der Waals surface area contributed by atoms with E-state index in [-0.39, 0.29) is 16.8 Å². The maximum atomic E-state index is 13.4.